The molecule has 2 aliphatic rings. The van der Waals surface area contributed by atoms with E-state index in [1.807, 2.05) is 0 Å². The van der Waals surface area contributed by atoms with E-state index in [1.54, 1.807) is 20.8 Å². The van der Waals surface area contributed by atoms with Crippen molar-refractivity contribution in [3.8, 4) is 0 Å². The van der Waals surface area contributed by atoms with Crippen molar-refractivity contribution in [2.75, 3.05) is 6.54 Å². The molecule has 1 heterocycles. The Morgan fingerprint density at radius 2 is 2.06 bits per heavy atom. The van der Waals surface area contributed by atoms with E-state index < -0.39 is 29.6 Å². The van der Waals surface area contributed by atoms with Gasteiger partial charge in [0.25, 0.3) is 5.92 Å². The summed E-state index contributed by atoms with van der Waals surface area (Å²) in [5, 5.41) is 0. The van der Waals surface area contributed by atoms with Gasteiger partial charge in [0, 0.05) is 6.54 Å². The fourth-order valence-corrected chi connectivity index (χ4v) is 2.29. The van der Waals surface area contributed by atoms with Gasteiger partial charge in [-0.1, -0.05) is 0 Å². The highest BCUT2D eigenvalue weighted by Gasteiger charge is 2.72. The first-order chi connectivity index (χ1) is 7.23. The molecule has 1 amide bonds. The van der Waals surface area contributed by atoms with Crippen LogP contribution in [0.25, 0.3) is 0 Å². The van der Waals surface area contributed by atoms with Gasteiger partial charge >= 0.3 is 6.09 Å². The third kappa shape index (κ3) is 1.87. The largest absolute Gasteiger partial charge is 0.444 e. The van der Waals surface area contributed by atoms with Gasteiger partial charge in [0.2, 0.25) is 0 Å². The van der Waals surface area contributed by atoms with Crippen LogP contribution in [0.15, 0.2) is 0 Å². The van der Waals surface area contributed by atoms with Crippen molar-refractivity contribution >= 4 is 6.09 Å². The van der Waals surface area contributed by atoms with Gasteiger partial charge in [-0.3, -0.25) is 4.90 Å². The number of likely N-dealkylation sites (tertiary alicyclic amines) is 1. The molecule has 2 atom stereocenters. The average Bonchev–Trinajstić information content (AvgIpc) is 2.67. The molecule has 2 fully saturated rings. The van der Waals surface area contributed by atoms with Crippen LogP contribution in [0.3, 0.4) is 0 Å². The molecule has 0 aromatic heterocycles. The number of hydrogen-bond acceptors (Lipinski definition) is 2. The van der Waals surface area contributed by atoms with Crippen LogP contribution in [0, 0.1) is 5.92 Å². The number of piperidine rings is 1. The minimum Gasteiger partial charge on any atom is -0.444 e. The van der Waals surface area contributed by atoms with Gasteiger partial charge in [0.15, 0.2) is 0 Å². The molecule has 5 heteroatoms. The fourth-order valence-electron chi connectivity index (χ4n) is 2.29. The lowest BCUT2D eigenvalue weighted by molar-refractivity contribution is 0.00954. The molecule has 1 saturated heterocycles. The topological polar surface area (TPSA) is 29.5 Å². The highest BCUT2D eigenvalue weighted by Crippen LogP contribution is 2.56. The smallest absolute Gasteiger partial charge is 0.410 e. The molecule has 1 aliphatic carbocycles. The Morgan fingerprint density at radius 1 is 1.44 bits per heavy atom. The maximum Gasteiger partial charge on any atom is 0.410 e. The maximum absolute atomic E-state index is 13.3. The lowest BCUT2D eigenvalue weighted by atomic mass is 10.1. The van der Waals surface area contributed by atoms with Gasteiger partial charge in [-0.15, -0.1) is 0 Å². The minimum absolute atomic E-state index is 0.381. The Morgan fingerprint density at radius 3 is 2.62 bits per heavy atom. The molecule has 0 aromatic carbocycles. The fraction of sp³-hybridized carbons (Fsp3) is 0.909. The predicted molar refractivity (Wildman–Crippen MR) is 54.4 cm³/mol. The second-order valence-corrected chi connectivity index (χ2v) is 5.54. The first-order valence-electron chi connectivity index (χ1n) is 5.61. The zero-order valence-electron chi connectivity index (χ0n) is 9.80. The first-order valence-corrected chi connectivity index (χ1v) is 5.61. The highest BCUT2D eigenvalue weighted by atomic mass is 19.3. The van der Waals surface area contributed by atoms with E-state index in [1.165, 1.54) is 4.90 Å². The van der Waals surface area contributed by atoms with Gasteiger partial charge in [-0.2, -0.15) is 0 Å². The lowest BCUT2D eigenvalue weighted by Gasteiger charge is -2.29. The number of nitrogens with zero attached hydrogens (tertiary/aromatic N) is 1. The first kappa shape index (κ1) is 11.6. The van der Waals surface area contributed by atoms with Crippen LogP contribution in [0.4, 0.5) is 13.6 Å². The summed E-state index contributed by atoms with van der Waals surface area (Å²) in [6.07, 6.45) is 0.534. The number of carbonyl (C=O) groups is 1. The molecule has 0 N–H and O–H groups in total. The van der Waals surface area contributed by atoms with Crippen LogP contribution in [0.5, 0.6) is 0 Å². The van der Waals surface area contributed by atoms with E-state index in [9.17, 15) is 13.6 Å². The zero-order valence-corrected chi connectivity index (χ0v) is 9.80. The quantitative estimate of drug-likeness (QED) is 0.643. The lowest BCUT2D eigenvalue weighted by Crippen LogP contribution is -2.42. The molecule has 92 valence electrons. The van der Waals surface area contributed by atoms with Crippen molar-refractivity contribution in [3.63, 3.8) is 0 Å². The summed E-state index contributed by atoms with van der Waals surface area (Å²) < 4.78 is 31.7. The van der Waals surface area contributed by atoms with E-state index in [-0.39, 0.29) is 0 Å². The van der Waals surface area contributed by atoms with E-state index in [2.05, 4.69) is 0 Å². The SMILES string of the molecule is CC(C)(C)OC(=O)N1CCC[C@@H]2[C@H]1C2(F)F. The van der Waals surface area contributed by atoms with Crippen molar-refractivity contribution in [1.29, 1.82) is 0 Å². The van der Waals surface area contributed by atoms with Crippen LogP contribution in [-0.4, -0.2) is 35.1 Å². The number of hydrogen-bond donors (Lipinski definition) is 0. The second kappa shape index (κ2) is 3.31. The number of halogens is 2. The van der Waals surface area contributed by atoms with Crippen LogP contribution < -0.4 is 0 Å². The number of ether oxygens (including phenoxy) is 1. The molecule has 0 radical (unpaired) electrons. The molecule has 2 rings (SSSR count). The van der Waals surface area contributed by atoms with Crippen molar-refractivity contribution in [1.82, 2.24) is 4.90 Å². The number of alkyl halides is 2. The van der Waals surface area contributed by atoms with Gasteiger partial charge in [-0.05, 0) is 33.6 Å². The number of fused-ring (bicyclic) bond motifs is 1. The van der Waals surface area contributed by atoms with Gasteiger partial charge in [-0.25, -0.2) is 13.6 Å². The molecular weight excluding hydrogens is 216 g/mol. The van der Waals surface area contributed by atoms with Crippen molar-refractivity contribution in [3.05, 3.63) is 0 Å². The third-order valence-electron chi connectivity index (χ3n) is 3.04. The molecule has 3 nitrogen and oxygen atoms in total. The molecule has 1 aliphatic heterocycles. The van der Waals surface area contributed by atoms with E-state index in [0.717, 1.165) is 0 Å². The van der Waals surface area contributed by atoms with Gasteiger partial charge in [0.05, 0.1) is 5.92 Å². The van der Waals surface area contributed by atoms with E-state index >= 15 is 0 Å². The van der Waals surface area contributed by atoms with Gasteiger partial charge in [0.1, 0.15) is 11.6 Å². The Hall–Kier alpha value is -0.870. The average molecular weight is 233 g/mol. The van der Waals surface area contributed by atoms with Crippen LogP contribution >= 0.6 is 0 Å². The number of carbonyl (C=O) groups excluding carboxylic acids is 1. The van der Waals surface area contributed by atoms with Gasteiger partial charge < -0.3 is 4.74 Å². The standard InChI is InChI=1S/C11H17F2NO2/c1-10(2,3)16-9(15)14-6-4-5-7-8(14)11(7,12)13/h7-8H,4-6H2,1-3H3/t7-,8+/m1/s1. The molecule has 16 heavy (non-hydrogen) atoms. The van der Waals surface area contributed by atoms with Crippen molar-refractivity contribution in [2.24, 2.45) is 5.92 Å². The number of rotatable bonds is 0. The molecule has 0 spiro atoms. The Labute approximate surface area is 93.7 Å². The summed E-state index contributed by atoms with van der Waals surface area (Å²) in [4.78, 5) is 12.9. The summed E-state index contributed by atoms with van der Waals surface area (Å²) in [5.41, 5.74) is -0.631. The highest BCUT2D eigenvalue weighted by molar-refractivity contribution is 5.69. The van der Waals surface area contributed by atoms with Crippen molar-refractivity contribution < 1.29 is 18.3 Å². The normalized spacial score (nSPS) is 31.9. The zero-order chi connectivity index (χ0) is 12.1. The molecule has 0 aromatic rings. The molecule has 0 unspecified atom stereocenters. The van der Waals surface area contributed by atoms with Crippen LogP contribution in [0.2, 0.25) is 0 Å². The summed E-state index contributed by atoms with van der Waals surface area (Å²) >= 11 is 0. The summed E-state index contributed by atoms with van der Waals surface area (Å²) in [6, 6.07) is -0.920. The Kier molecular flexibility index (Phi) is 2.40. The Bertz CT molecular complexity index is 312. The van der Waals surface area contributed by atoms with Crippen LogP contribution in [-0.2, 0) is 4.74 Å². The molecule has 0 bridgehead atoms. The van der Waals surface area contributed by atoms with E-state index in [4.69, 9.17) is 4.74 Å². The summed E-state index contributed by atoms with van der Waals surface area (Å²) in [5.74, 6) is -3.35. The number of amides is 1. The Balaban J connectivity index is 2.02. The minimum atomic E-state index is -2.70. The third-order valence-corrected chi connectivity index (χ3v) is 3.04. The summed E-state index contributed by atoms with van der Waals surface area (Å²) in [7, 11) is 0. The van der Waals surface area contributed by atoms with Crippen molar-refractivity contribution in [2.45, 2.75) is 51.2 Å². The second-order valence-electron chi connectivity index (χ2n) is 5.54. The van der Waals surface area contributed by atoms with E-state index in [0.29, 0.717) is 19.4 Å². The predicted octanol–water partition coefficient (Wildman–Crippen LogP) is 2.65. The monoisotopic (exact) mass is 233 g/mol. The molecular formula is C11H17F2NO2. The molecule has 1 saturated carbocycles. The maximum atomic E-state index is 13.3. The summed E-state index contributed by atoms with van der Waals surface area (Å²) in [6.45, 7) is 5.58. The van der Waals surface area contributed by atoms with Crippen LogP contribution in [0.1, 0.15) is 33.6 Å².